The van der Waals surface area contributed by atoms with Crippen LogP contribution in [0.15, 0.2) is 54.9 Å². The van der Waals surface area contributed by atoms with Gasteiger partial charge in [0.25, 0.3) is 0 Å². The van der Waals surface area contributed by atoms with Gasteiger partial charge in [0.15, 0.2) is 0 Å². The van der Waals surface area contributed by atoms with Crippen molar-refractivity contribution in [3.05, 3.63) is 60.4 Å². The molecule has 1 N–H and O–H groups in total. The van der Waals surface area contributed by atoms with Crippen LogP contribution in [0.4, 0.5) is 11.4 Å². The predicted molar refractivity (Wildman–Crippen MR) is 95.0 cm³/mol. The number of aromatic nitrogens is 2. The van der Waals surface area contributed by atoms with Gasteiger partial charge in [0.1, 0.15) is 0 Å². The zero-order valence-electron chi connectivity index (χ0n) is 13.3. The Morgan fingerprint density at radius 3 is 2.83 bits per heavy atom. The van der Waals surface area contributed by atoms with Crippen LogP contribution in [0.25, 0.3) is 5.52 Å². The van der Waals surface area contributed by atoms with E-state index in [2.05, 4.69) is 51.7 Å². The average Bonchev–Trinajstić information content (AvgIpc) is 3.10. The number of hydrogen-bond donors (Lipinski definition) is 1. The zero-order valence-corrected chi connectivity index (χ0v) is 13.3. The number of benzene rings is 1. The standard InChI is InChI=1S/C19H22N4/c1-2-11-22(12-3-1)18-8-4-7-17(14-18)20-15-16-6-5-13-23-19(16)9-10-21-23/h4-10,13-14,20H,1-3,11-12,15H2. The Morgan fingerprint density at radius 2 is 1.91 bits per heavy atom. The van der Waals surface area contributed by atoms with Crippen LogP contribution in [0.2, 0.25) is 0 Å². The third kappa shape index (κ3) is 3.02. The second kappa shape index (κ2) is 6.32. The summed E-state index contributed by atoms with van der Waals surface area (Å²) in [4.78, 5) is 2.49. The van der Waals surface area contributed by atoms with Gasteiger partial charge in [-0.05, 0) is 55.2 Å². The molecule has 4 rings (SSSR count). The molecule has 1 aromatic carbocycles. The van der Waals surface area contributed by atoms with Gasteiger partial charge >= 0.3 is 0 Å². The van der Waals surface area contributed by atoms with Crippen LogP contribution in [-0.2, 0) is 6.54 Å². The Morgan fingerprint density at radius 1 is 1.00 bits per heavy atom. The molecule has 0 radical (unpaired) electrons. The van der Waals surface area contributed by atoms with Gasteiger partial charge in [0.2, 0.25) is 0 Å². The smallest absolute Gasteiger partial charge is 0.0711 e. The number of rotatable bonds is 4. The lowest BCUT2D eigenvalue weighted by molar-refractivity contribution is 0.578. The summed E-state index contributed by atoms with van der Waals surface area (Å²) in [5, 5.41) is 7.85. The minimum Gasteiger partial charge on any atom is -0.381 e. The van der Waals surface area contributed by atoms with Crippen molar-refractivity contribution in [3.8, 4) is 0 Å². The summed E-state index contributed by atoms with van der Waals surface area (Å²) in [6.07, 6.45) is 7.80. The number of hydrogen-bond acceptors (Lipinski definition) is 3. The third-order valence-corrected chi connectivity index (χ3v) is 4.57. The van der Waals surface area contributed by atoms with E-state index in [-0.39, 0.29) is 0 Å². The highest BCUT2D eigenvalue weighted by atomic mass is 15.2. The highest BCUT2D eigenvalue weighted by molar-refractivity contribution is 5.60. The molecule has 0 bridgehead atoms. The molecule has 0 saturated carbocycles. The zero-order chi connectivity index (χ0) is 15.5. The van der Waals surface area contributed by atoms with Gasteiger partial charge in [-0.25, -0.2) is 4.52 Å². The first-order valence-electron chi connectivity index (χ1n) is 8.40. The number of piperidine rings is 1. The fourth-order valence-electron chi connectivity index (χ4n) is 3.32. The molecular weight excluding hydrogens is 284 g/mol. The fraction of sp³-hybridized carbons (Fsp3) is 0.316. The van der Waals surface area contributed by atoms with E-state index in [4.69, 9.17) is 0 Å². The van der Waals surface area contributed by atoms with Gasteiger partial charge < -0.3 is 10.2 Å². The van der Waals surface area contributed by atoms with Crippen molar-refractivity contribution in [2.75, 3.05) is 23.3 Å². The molecular formula is C19H22N4. The van der Waals surface area contributed by atoms with E-state index in [1.54, 1.807) is 0 Å². The van der Waals surface area contributed by atoms with E-state index in [9.17, 15) is 0 Å². The summed E-state index contributed by atoms with van der Waals surface area (Å²) in [6, 6.07) is 15.0. The Balaban J connectivity index is 1.49. The molecule has 3 aromatic rings. The summed E-state index contributed by atoms with van der Waals surface area (Å²) in [5.74, 6) is 0. The molecule has 23 heavy (non-hydrogen) atoms. The molecule has 1 saturated heterocycles. The summed E-state index contributed by atoms with van der Waals surface area (Å²) >= 11 is 0. The topological polar surface area (TPSA) is 32.6 Å². The molecule has 0 spiro atoms. The van der Waals surface area contributed by atoms with E-state index in [0.717, 1.165) is 12.1 Å². The molecule has 1 fully saturated rings. The summed E-state index contributed by atoms with van der Waals surface area (Å²) in [5.41, 5.74) is 4.92. The number of anilines is 2. The summed E-state index contributed by atoms with van der Waals surface area (Å²) in [7, 11) is 0. The lowest BCUT2D eigenvalue weighted by Crippen LogP contribution is -2.29. The van der Waals surface area contributed by atoms with E-state index in [1.165, 1.54) is 49.3 Å². The van der Waals surface area contributed by atoms with Crippen LogP contribution in [-0.4, -0.2) is 22.7 Å². The second-order valence-electron chi connectivity index (χ2n) is 6.15. The Kier molecular flexibility index (Phi) is 3.88. The Hall–Kier alpha value is -2.49. The van der Waals surface area contributed by atoms with Crippen LogP contribution in [0.3, 0.4) is 0 Å². The minimum atomic E-state index is 0.805. The second-order valence-corrected chi connectivity index (χ2v) is 6.15. The predicted octanol–water partition coefficient (Wildman–Crippen LogP) is 3.94. The van der Waals surface area contributed by atoms with Crippen LogP contribution in [0, 0.1) is 0 Å². The third-order valence-electron chi connectivity index (χ3n) is 4.57. The average molecular weight is 306 g/mol. The maximum atomic E-state index is 4.29. The van der Waals surface area contributed by atoms with Gasteiger partial charge in [-0.15, -0.1) is 0 Å². The van der Waals surface area contributed by atoms with Crippen molar-refractivity contribution in [1.82, 2.24) is 9.61 Å². The number of pyridine rings is 1. The van der Waals surface area contributed by atoms with Crippen LogP contribution in [0.5, 0.6) is 0 Å². The van der Waals surface area contributed by atoms with Gasteiger partial charge in [0, 0.05) is 43.4 Å². The minimum absolute atomic E-state index is 0.805. The quantitative estimate of drug-likeness (QED) is 0.792. The maximum absolute atomic E-state index is 4.29. The highest BCUT2D eigenvalue weighted by Crippen LogP contribution is 2.23. The van der Waals surface area contributed by atoms with Crippen molar-refractivity contribution >= 4 is 16.9 Å². The molecule has 0 atom stereocenters. The Bertz CT molecular complexity index is 787. The van der Waals surface area contributed by atoms with Gasteiger partial charge in [-0.3, -0.25) is 0 Å². The Labute approximate surface area is 136 Å². The van der Waals surface area contributed by atoms with Crippen LogP contribution >= 0.6 is 0 Å². The molecule has 0 aliphatic carbocycles. The molecule has 3 heterocycles. The molecule has 2 aromatic heterocycles. The number of nitrogens with one attached hydrogen (secondary N) is 1. The summed E-state index contributed by atoms with van der Waals surface area (Å²) in [6.45, 7) is 3.16. The van der Waals surface area contributed by atoms with Crippen LogP contribution < -0.4 is 10.2 Å². The van der Waals surface area contributed by atoms with Gasteiger partial charge in [0.05, 0.1) is 5.52 Å². The van der Waals surface area contributed by atoms with Crippen molar-refractivity contribution in [2.45, 2.75) is 25.8 Å². The molecule has 1 aliphatic rings. The maximum Gasteiger partial charge on any atom is 0.0711 e. The highest BCUT2D eigenvalue weighted by Gasteiger charge is 2.11. The molecule has 118 valence electrons. The van der Waals surface area contributed by atoms with E-state index in [1.807, 2.05) is 23.0 Å². The molecule has 4 heteroatoms. The van der Waals surface area contributed by atoms with Crippen molar-refractivity contribution in [1.29, 1.82) is 0 Å². The first-order valence-corrected chi connectivity index (χ1v) is 8.40. The largest absolute Gasteiger partial charge is 0.381 e. The molecule has 0 amide bonds. The number of nitrogens with zero attached hydrogens (tertiary/aromatic N) is 3. The normalized spacial score (nSPS) is 15.0. The fourth-order valence-corrected chi connectivity index (χ4v) is 3.32. The van der Waals surface area contributed by atoms with Gasteiger partial charge in [-0.2, -0.15) is 5.10 Å². The van der Waals surface area contributed by atoms with Crippen molar-refractivity contribution in [2.24, 2.45) is 0 Å². The number of fused-ring (bicyclic) bond motifs is 1. The van der Waals surface area contributed by atoms with Crippen molar-refractivity contribution in [3.63, 3.8) is 0 Å². The van der Waals surface area contributed by atoms with Gasteiger partial charge in [-0.1, -0.05) is 12.1 Å². The molecule has 0 unspecified atom stereocenters. The first kappa shape index (κ1) is 14.1. The van der Waals surface area contributed by atoms with E-state index in [0.29, 0.717) is 0 Å². The van der Waals surface area contributed by atoms with E-state index >= 15 is 0 Å². The lowest BCUT2D eigenvalue weighted by Gasteiger charge is -2.29. The van der Waals surface area contributed by atoms with Crippen LogP contribution in [0.1, 0.15) is 24.8 Å². The lowest BCUT2D eigenvalue weighted by atomic mass is 10.1. The van der Waals surface area contributed by atoms with E-state index < -0.39 is 0 Å². The monoisotopic (exact) mass is 306 g/mol. The molecule has 4 nitrogen and oxygen atoms in total. The van der Waals surface area contributed by atoms with Crippen molar-refractivity contribution < 1.29 is 0 Å². The first-order chi connectivity index (χ1) is 11.4. The summed E-state index contributed by atoms with van der Waals surface area (Å²) < 4.78 is 1.92. The SMILES string of the molecule is c1cc(NCc2cccn3nccc23)cc(N2CCCCC2)c1. The molecule has 1 aliphatic heterocycles.